The highest BCUT2D eigenvalue weighted by atomic mass is 32.2. The van der Waals surface area contributed by atoms with E-state index in [0.29, 0.717) is 6.04 Å². The Bertz CT molecular complexity index is 639. The number of nitrogens with one attached hydrogen (secondary N) is 2. The van der Waals surface area contributed by atoms with Gasteiger partial charge in [-0.3, -0.25) is 0 Å². The minimum absolute atomic E-state index is 0.0117. The van der Waals surface area contributed by atoms with Crippen molar-refractivity contribution in [3.05, 3.63) is 12.4 Å². The first-order chi connectivity index (χ1) is 13.8. The summed E-state index contributed by atoms with van der Waals surface area (Å²) in [5.41, 5.74) is 0. The predicted octanol–water partition coefficient (Wildman–Crippen LogP) is 2.63. The summed E-state index contributed by atoms with van der Waals surface area (Å²) in [6.45, 7) is 3.95. The SMILES string of the molecule is O=C(NC1CCCCC1)NC1CCN(c2cc(N3CCSCC3)ncn2)CC1. The molecule has 1 aromatic heterocycles. The third-order valence-corrected chi connectivity index (χ3v) is 7.01. The molecule has 0 radical (unpaired) electrons. The second kappa shape index (κ2) is 9.67. The van der Waals surface area contributed by atoms with Crippen molar-refractivity contribution in [3.63, 3.8) is 0 Å². The monoisotopic (exact) mass is 404 g/mol. The summed E-state index contributed by atoms with van der Waals surface area (Å²) in [6, 6.07) is 2.75. The Balaban J connectivity index is 1.25. The maximum atomic E-state index is 12.3. The molecular formula is C20H32N6OS. The number of rotatable bonds is 4. The molecule has 0 aromatic carbocycles. The van der Waals surface area contributed by atoms with E-state index in [9.17, 15) is 4.79 Å². The summed E-state index contributed by atoms with van der Waals surface area (Å²) in [4.78, 5) is 25.9. The van der Waals surface area contributed by atoms with Crippen LogP contribution < -0.4 is 20.4 Å². The number of aromatic nitrogens is 2. The first-order valence-corrected chi connectivity index (χ1v) is 11.9. The number of nitrogens with zero attached hydrogens (tertiary/aromatic N) is 4. The summed E-state index contributed by atoms with van der Waals surface area (Å²) < 4.78 is 0. The van der Waals surface area contributed by atoms with E-state index in [1.165, 1.54) is 30.8 Å². The van der Waals surface area contributed by atoms with Crippen LogP contribution in [-0.4, -0.2) is 65.8 Å². The summed E-state index contributed by atoms with van der Waals surface area (Å²) in [6.07, 6.45) is 9.62. The molecule has 0 bridgehead atoms. The van der Waals surface area contributed by atoms with Crippen LogP contribution in [0.1, 0.15) is 44.9 Å². The first kappa shape index (κ1) is 19.6. The number of carbonyl (C=O) groups excluding carboxylic acids is 1. The van der Waals surface area contributed by atoms with Crippen LogP contribution in [0.4, 0.5) is 16.4 Å². The van der Waals surface area contributed by atoms with Crippen molar-refractivity contribution in [3.8, 4) is 0 Å². The zero-order valence-electron chi connectivity index (χ0n) is 16.6. The van der Waals surface area contributed by atoms with E-state index in [1.54, 1.807) is 6.33 Å². The third-order valence-electron chi connectivity index (χ3n) is 6.07. The molecule has 28 heavy (non-hydrogen) atoms. The minimum Gasteiger partial charge on any atom is -0.356 e. The number of urea groups is 1. The van der Waals surface area contributed by atoms with Crippen molar-refractivity contribution < 1.29 is 4.79 Å². The molecule has 0 spiro atoms. The fraction of sp³-hybridized carbons (Fsp3) is 0.750. The van der Waals surface area contributed by atoms with E-state index in [1.807, 2.05) is 11.8 Å². The zero-order chi connectivity index (χ0) is 19.2. The number of carbonyl (C=O) groups is 1. The van der Waals surface area contributed by atoms with Crippen molar-refractivity contribution in [2.75, 3.05) is 47.5 Å². The van der Waals surface area contributed by atoms with Crippen LogP contribution in [0.25, 0.3) is 0 Å². The fourth-order valence-electron chi connectivity index (χ4n) is 4.39. The number of anilines is 2. The van der Waals surface area contributed by atoms with Gasteiger partial charge in [-0.25, -0.2) is 14.8 Å². The van der Waals surface area contributed by atoms with Crippen molar-refractivity contribution in [2.24, 2.45) is 0 Å². The number of hydrogen-bond donors (Lipinski definition) is 2. The van der Waals surface area contributed by atoms with Crippen molar-refractivity contribution >= 4 is 29.4 Å². The predicted molar refractivity (Wildman–Crippen MR) is 115 cm³/mol. The van der Waals surface area contributed by atoms with Gasteiger partial charge in [-0.1, -0.05) is 19.3 Å². The maximum absolute atomic E-state index is 12.3. The van der Waals surface area contributed by atoms with Crippen LogP contribution in [0, 0.1) is 0 Å². The summed E-state index contributed by atoms with van der Waals surface area (Å²) in [5, 5.41) is 6.34. The minimum atomic E-state index is 0.0117. The van der Waals surface area contributed by atoms with Gasteiger partial charge in [0.05, 0.1) is 0 Å². The quantitative estimate of drug-likeness (QED) is 0.804. The molecule has 0 atom stereocenters. The molecule has 3 fully saturated rings. The number of piperidine rings is 1. The highest BCUT2D eigenvalue weighted by Crippen LogP contribution is 2.23. The van der Waals surface area contributed by atoms with Gasteiger partial charge in [0.2, 0.25) is 0 Å². The van der Waals surface area contributed by atoms with Crippen LogP contribution in [-0.2, 0) is 0 Å². The Labute approximate surface area is 172 Å². The molecule has 3 aliphatic rings. The van der Waals surface area contributed by atoms with Gasteiger partial charge >= 0.3 is 6.03 Å². The molecule has 1 saturated carbocycles. The van der Waals surface area contributed by atoms with Crippen molar-refractivity contribution in [2.45, 2.75) is 57.0 Å². The van der Waals surface area contributed by atoms with E-state index in [-0.39, 0.29) is 12.1 Å². The smallest absolute Gasteiger partial charge is 0.315 e. The first-order valence-electron chi connectivity index (χ1n) is 10.7. The van der Waals surface area contributed by atoms with E-state index in [4.69, 9.17) is 0 Å². The van der Waals surface area contributed by atoms with Crippen LogP contribution in [0.5, 0.6) is 0 Å². The van der Waals surface area contributed by atoms with E-state index in [0.717, 1.165) is 63.5 Å². The molecular weight excluding hydrogens is 372 g/mol. The molecule has 2 saturated heterocycles. The lowest BCUT2D eigenvalue weighted by Crippen LogP contribution is -2.50. The van der Waals surface area contributed by atoms with Gasteiger partial charge in [-0.15, -0.1) is 0 Å². The highest BCUT2D eigenvalue weighted by Gasteiger charge is 2.24. The van der Waals surface area contributed by atoms with E-state index >= 15 is 0 Å². The van der Waals surface area contributed by atoms with Crippen LogP contribution in [0.3, 0.4) is 0 Å². The second-order valence-electron chi connectivity index (χ2n) is 8.05. The molecule has 2 N–H and O–H groups in total. The van der Waals surface area contributed by atoms with Gasteiger partial charge in [-0.2, -0.15) is 11.8 Å². The molecule has 2 amide bonds. The van der Waals surface area contributed by atoms with E-state index < -0.39 is 0 Å². The Hall–Kier alpha value is -1.70. The Morgan fingerprint density at radius 3 is 2.07 bits per heavy atom. The molecule has 8 heteroatoms. The number of amides is 2. The largest absolute Gasteiger partial charge is 0.356 e. The molecule has 0 unspecified atom stereocenters. The Kier molecular flexibility index (Phi) is 6.77. The number of hydrogen-bond acceptors (Lipinski definition) is 6. The van der Waals surface area contributed by atoms with Gasteiger partial charge in [0.1, 0.15) is 18.0 Å². The lowest BCUT2D eigenvalue weighted by Gasteiger charge is -2.34. The average Bonchev–Trinajstić information content (AvgIpc) is 2.76. The highest BCUT2D eigenvalue weighted by molar-refractivity contribution is 7.99. The lowest BCUT2D eigenvalue weighted by molar-refractivity contribution is 0.226. The summed E-state index contributed by atoms with van der Waals surface area (Å²) in [7, 11) is 0. The normalized spacial score (nSPS) is 22.1. The maximum Gasteiger partial charge on any atom is 0.315 e. The Morgan fingerprint density at radius 2 is 1.43 bits per heavy atom. The standard InChI is InChI=1S/C20H32N6OS/c27-20(23-16-4-2-1-3-5-16)24-17-6-8-25(9-7-17)18-14-19(22-15-21-18)26-10-12-28-13-11-26/h14-17H,1-13H2,(H2,23,24,27). The van der Waals surface area contributed by atoms with Gasteiger partial charge in [0, 0.05) is 55.8 Å². The van der Waals surface area contributed by atoms with Crippen LogP contribution in [0.15, 0.2) is 12.4 Å². The topological polar surface area (TPSA) is 73.4 Å². The zero-order valence-corrected chi connectivity index (χ0v) is 17.4. The Morgan fingerprint density at radius 1 is 0.857 bits per heavy atom. The van der Waals surface area contributed by atoms with Gasteiger partial charge in [-0.05, 0) is 25.7 Å². The summed E-state index contributed by atoms with van der Waals surface area (Å²) >= 11 is 2.01. The van der Waals surface area contributed by atoms with Crippen LogP contribution in [0.2, 0.25) is 0 Å². The number of thioether (sulfide) groups is 1. The van der Waals surface area contributed by atoms with Gasteiger partial charge < -0.3 is 20.4 Å². The molecule has 1 aliphatic carbocycles. The lowest BCUT2D eigenvalue weighted by atomic mass is 9.96. The molecule has 154 valence electrons. The molecule has 3 heterocycles. The van der Waals surface area contributed by atoms with Gasteiger partial charge in [0.15, 0.2) is 0 Å². The van der Waals surface area contributed by atoms with E-state index in [2.05, 4.69) is 36.5 Å². The fourth-order valence-corrected chi connectivity index (χ4v) is 5.29. The average molecular weight is 405 g/mol. The summed E-state index contributed by atoms with van der Waals surface area (Å²) in [5.74, 6) is 4.38. The molecule has 4 rings (SSSR count). The van der Waals surface area contributed by atoms with Crippen molar-refractivity contribution in [1.82, 2.24) is 20.6 Å². The molecule has 1 aromatic rings. The molecule has 7 nitrogen and oxygen atoms in total. The van der Waals surface area contributed by atoms with Crippen LogP contribution >= 0.6 is 11.8 Å². The third kappa shape index (κ3) is 5.21. The molecule has 2 aliphatic heterocycles. The second-order valence-corrected chi connectivity index (χ2v) is 9.27. The van der Waals surface area contributed by atoms with Gasteiger partial charge in [0.25, 0.3) is 0 Å². The van der Waals surface area contributed by atoms with Crippen molar-refractivity contribution in [1.29, 1.82) is 0 Å².